The number of halogens is 2. The summed E-state index contributed by atoms with van der Waals surface area (Å²) in [5, 5.41) is 12.6. The van der Waals surface area contributed by atoms with Crippen molar-refractivity contribution >= 4 is 29.1 Å². The molecule has 0 radical (unpaired) electrons. The highest BCUT2D eigenvalue weighted by Gasteiger charge is 2.21. The number of carbonyl (C=O) groups excluding carboxylic acids is 1. The molecule has 0 saturated heterocycles. The minimum absolute atomic E-state index is 0.254. The molecule has 2 heterocycles. The van der Waals surface area contributed by atoms with Gasteiger partial charge in [-0.15, -0.1) is 5.10 Å². The highest BCUT2D eigenvalue weighted by atomic mass is 35.5. The molecule has 0 aliphatic rings. The van der Waals surface area contributed by atoms with Crippen LogP contribution in [0.15, 0.2) is 73.1 Å². The highest BCUT2D eigenvalue weighted by molar-refractivity contribution is 6.30. The second-order valence-electron chi connectivity index (χ2n) is 6.45. The van der Waals surface area contributed by atoms with Crippen molar-refractivity contribution in [3.8, 4) is 5.82 Å². The molecule has 0 atom stereocenters. The van der Waals surface area contributed by atoms with Crippen LogP contribution < -0.4 is 5.32 Å². The third-order valence-electron chi connectivity index (χ3n) is 4.38. The maximum Gasteiger partial charge on any atom is 0.276 e. The van der Waals surface area contributed by atoms with Crippen LogP contribution in [0, 0.1) is 0 Å². The number of carbonyl (C=O) groups is 1. The smallest absolute Gasteiger partial charge is 0.276 e. The van der Waals surface area contributed by atoms with E-state index in [1.165, 1.54) is 0 Å². The fourth-order valence-electron chi connectivity index (χ4n) is 2.92. The first-order chi connectivity index (χ1) is 14.1. The Morgan fingerprint density at radius 3 is 2.10 bits per heavy atom. The lowest BCUT2D eigenvalue weighted by Crippen LogP contribution is -2.25. The van der Waals surface area contributed by atoms with Gasteiger partial charge in [0.05, 0.1) is 6.54 Å². The van der Waals surface area contributed by atoms with Crippen molar-refractivity contribution in [2.75, 3.05) is 0 Å². The van der Waals surface area contributed by atoms with Crippen LogP contribution in [0.2, 0.25) is 10.0 Å². The average Bonchev–Trinajstić information content (AvgIpc) is 3.39. The lowest BCUT2D eigenvalue weighted by molar-refractivity contribution is 0.0946. The quantitative estimate of drug-likeness (QED) is 0.499. The number of amides is 1. The second-order valence-corrected chi connectivity index (χ2v) is 7.32. The summed E-state index contributed by atoms with van der Waals surface area (Å²) in [5.41, 5.74) is 2.20. The zero-order chi connectivity index (χ0) is 20.2. The number of nitrogens with zero attached hydrogens (tertiary/aromatic N) is 4. The molecule has 0 aliphatic carbocycles. The van der Waals surface area contributed by atoms with E-state index in [0.717, 1.165) is 11.1 Å². The van der Waals surface area contributed by atoms with E-state index in [0.29, 0.717) is 29.0 Å². The molecular weight excluding hydrogens is 409 g/mol. The molecule has 6 nitrogen and oxygen atoms in total. The van der Waals surface area contributed by atoms with Gasteiger partial charge in [-0.2, -0.15) is 0 Å². The summed E-state index contributed by atoms with van der Waals surface area (Å²) in [7, 11) is 0. The first kappa shape index (κ1) is 19.2. The second kappa shape index (κ2) is 8.51. The number of nitrogens with one attached hydrogen (secondary N) is 1. The first-order valence-electron chi connectivity index (χ1n) is 8.94. The van der Waals surface area contributed by atoms with Crippen molar-refractivity contribution in [3.05, 3.63) is 99.9 Å². The lowest BCUT2D eigenvalue weighted by Gasteiger charge is -2.10. The third kappa shape index (κ3) is 4.50. The summed E-state index contributed by atoms with van der Waals surface area (Å²) >= 11 is 11.9. The Balaban J connectivity index is 1.59. The third-order valence-corrected chi connectivity index (χ3v) is 4.89. The van der Waals surface area contributed by atoms with Crippen molar-refractivity contribution in [1.82, 2.24) is 24.9 Å². The van der Waals surface area contributed by atoms with Crippen LogP contribution in [0.1, 0.15) is 21.6 Å². The van der Waals surface area contributed by atoms with Crippen LogP contribution in [0.3, 0.4) is 0 Å². The molecule has 0 saturated carbocycles. The number of aromatic nitrogens is 4. The fourth-order valence-corrected chi connectivity index (χ4v) is 3.18. The van der Waals surface area contributed by atoms with E-state index >= 15 is 0 Å². The molecule has 29 heavy (non-hydrogen) atoms. The SMILES string of the molecule is O=C(NCc1ccc(Cl)cc1)c1nnn(Cc2ccc(Cl)cc2)c1-n1cccc1. The van der Waals surface area contributed by atoms with Crippen molar-refractivity contribution in [3.63, 3.8) is 0 Å². The monoisotopic (exact) mass is 425 g/mol. The zero-order valence-corrected chi connectivity index (χ0v) is 16.8. The van der Waals surface area contributed by atoms with Gasteiger partial charge in [0.25, 0.3) is 5.91 Å². The molecule has 2 aromatic heterocycles. The predicted octanol–water partition coefficient (Wildman–Crippen LogP) is 4.35. The van der Waals surface area contributed by atoms with Gasteiger partial charge in [0.15, 0.2) is 11.5 Å². The molecule has 1 amide bonds. The molecule has 4 rings (SSSR count). The van der Waals surface area contributed by atoms with Crippen molar-refractivity contribution in [2.45, 2.75) is 13.1 Å². The molecule has 8 heteroatoms. The van der Waals surface area contributed by atoms with Crippen LogP contribution in [-0.2, 0) is 13.1 Å². The fraction of sp³-hybridized carbons (Fsp3) is 0.0952. The van der Waals surface area contributed by atoms with Gasteiger partial charge in [-0.1, -0.05) is 52.7 Å². The molecule has 2 aromatic carbocycles. The van der Waals surface area contributed by atoms with Crippen LogP contribution in [-0.4, -0.2) is 25.5 Å². The molecular formula is C21H17Cl2N5O. The van der Waals surface area contributed by atoms with Gasteiger partial charge in [-0.3, -0.25) is 4.79 Å². The number of hydrogen-bond acceptors (Lipinski definition) is 3. The van der Waals surface area contributed by atoms with E-state index in [4.69, 9.17) is 23.2 Å². The molecule has 0 fully saturated rings. The minimum Gasteiger partial charge on any atom is -0.346 e. The largest absolute Gasteiger partial charge is 0.346 e. The number of hydrogen-bond donors (Lipinski definition) is 1. The van der Waals surface area contributed by atoms with Crippen molar-refractivity contribution < 1.29 is 4.79 Å². The van der Waals surface area contributed by atoms with E-state index < -0.39 is 0 Å². The van der Waals surface area contributed by atoms with E-state index in [9.17, 15) is 4.79 Å². The normalized spacial score (nSPS) is 10.8. The van der Waals surface area contributed by atoms with Crippen LogP contribution in [0.5, 0.6) is 0 Å². The summed E-state index contributed by atoms with van der Waals surface area (Å²) in [6, 6.07) is 18.6. The summed E-state index contributed by atoms with van der Waals surface area (Å²) in [6.45, 7) is 0.827. The van der Waals surface area contributed by atoms with Gasteiger partial charge in [0.2, 0.25) is 0 Å². The Kier molecular flexibility index (Phi) is 5.64. The van der Waals surface area contributed by atoms with E-state index in [1.54, 1.807) is 16.8 Å². The predicted molar refractivity (Wildman–Crippen MR) is 113 cm³/mol. The topological polar surface area (TPSA) is 64.7 Å². The average molecular weight is 426 g/mol. The Morgan fingerprint density at radius 1 is 0.897 bits per heavy atom. The molecule has 0 bridgehead atoms. The highest BCUT2D eigenvalue weighted by Crippen LogP contribution is 2.17. The van der Waals surface area contributed by atoms with Gasteiger partial charge in [0, 0.05) is 29.0 Å². The summed E-state index contributed by atoms with van der Waals surface area (Å²) in [6.07, 6.45) is 3.71. The molecule has 4 aromatic rings. The van der Waals surface area contributed by atoms with Crippen LogP contribution >= 0.6 is 23.2 Å². The van der Waals surface area contributed by atoms with E-state index in [2.05, 4.69) is 15.6 Å². The van der Waals surface area contributed by atoms with Crippen LogP contribution in [0.4, 0.5) is 0 Å². The van der Waals surface area contributed by atoms with Gasteiger partial charge < -0.3 is 9.88 Å². The van der Waals surface area contributed by atoms with Crippen molar-refractivity contribution in [2.24, 2.45) is 0 Å². The maximum atomic E-state index is 12.8. The Bertz CT molecular complexity index is 1100. The Labute approximate surface area is 177 Å². The Morgan fingerprint density at radius 2 is 1.48 bits per heavy atom. The van der Waals surface area contributed by atoms with Gasteiger partial charge >= 0.3 is 0 Å². The molecule has 0 aliphatic heterocycles. The number of rotatable bonds is 6. The van der Waals surface area contributed by atoms with Crippen LogP contribution in [0.25, 0.3) is 5.82 Å². The lowest BCUT2D eigenvalue weighted by atomic mass is 10.2. The minimum atomic E-state index is -0.300. The molecule has 1 N–H and O–H groups in total. The molecule has 0 spiro atoms. The summed E-state index contributed by atoms with van der Waals surface area (Å²) in [5.74, 6) is 0.296. The molecule has 146 valence electrons. The summed E-state index contributed by atoms with van der Waals surface area (Å²) in [4.78, 5) is 12.8. The zero-order valence-electron chi connectivity index (χ0n) is 15.3. The first-order valence-corrected chi connectivity index (χ1v) is 9.69. The van der Waals surface area contributed by atoms with E-state index in [-0.39, 0.29) is 11.6 Å². The molecule has 0 unspecified atom stereocenters. The maximum absolute atomic E-state index is 12.8. The van der Waals surface area contributed by atoms with E-state index in [1.807, 2.05) is 65.5 Å². The van der Waals surface area contributed by atoms with Gasteiger partial charge in [0.1, 0.15) is 0 Å². The number of benzene rings is 2. The standard InChI is InChI=1S/C21H17Cl2N5O/c22-17-7-3-15(4-8-17)13-24-20(29)19-21(27-11-1-2-12-27)28(26-25-19)14-16-5-9-18(23)10-6-16/h1-12H,13-14H2,(H,24,29). The van der Waals surface area contributed by atoms with Gasteiger partial charge in [-0.05, 0) is 47.5 Å². The Hall–Kier alpha value is -3.09. The summed E-state index contributed by atoms with van der Waals surface area (Å²) < 4.78 is 3.52. The van der Waals surface area contributed by atoms with Gasteiger partial charge in [-0.25, -0.2) is 4.68 Å². The van der Waals surface area contributed by atoms with Crippen molar-refractivity contribution in [1.29, 1.82) is 0 Å².